The van der Waals surface area contributed by atoms with Crippen LogP contribution in [0.5, 0.6) is 5.75 Å². The zero-order valence-electron chi connectivity index (χ0n) is 13.0. The van der Waals surface area contributed by atoms with Crippen LogP contribution in [0.3, 0.4) is 0 Å². The zero-order chi connectivity index (χ0) is 17.4. The van der Waals surface area contributed by atoms with Gasteiger partial charge in [0.25, 0.3) is 5.91 Å². The number of hydrogen-bond acceptors (Lipinski definition) is 4. The second kappa shape index (κ2) is 8.79. The number of ether oxygens (including phenoxy) is 1. The van der Waals surface area contributed by atoms with Gasteiger partial charge in [-0.05, 0) is 36.4 Å². The highest BCUT2D eigenvalue weighted by Crippen LogP contribution is 2.23. The third kappa shape index (κ3) is 5.17. The average molecular weight is 349 g/mol. The van der Waals surface area contributed by atoms with Crippen LogP contribution in [0.4, 0.5) is 0 Å². The first-order chi connectivity index (χ1) is 11.6. The minimum absolute atomic E-state index is 0.231. The lowest BCUT2D eigenvalue weighted by Gasteiger charge is -2.05. The Kier molecular flexibility index (Phi) is 6.45. The largest absolute Gasteiger partial charge is 0.496 e. The summed E-state index contributed by atoms with van der Waals surface area (Å²) in [6.07, 6.45) is 4.41. The first-order valence-corrected chi connectivity index (χ1v) is 7.59. The molecule has 2 aromatic rings. The summed E-state index contributed by atoms with van der Waals surface area (Å²) in [7, 11) is 1.54. The Hall–Kier alpha value is -2.73. The van der Waals surface area contributed by atoms with Crippen LogP contribution in [0.2, 0.25) is 5.02 Å². The molecule has 1 aromatic heterocycles. The van der Waals surface area contributed by atoms with E-state index in [1.54, 1.807) is 43.5 Å². The number of amides is 2. The minimum Gasteiger partial charge on any atom is -0.496 e. The number of hydrogen-bond donors (Lipinski definition) is 2. The number of carbonyl (C=O) groups excluding carboxylic acids is 2. The number of furan rings is 1. The Morgan fingerprint density at radius 3 is 2.75 bits per heavy atom. The molecule has 24 heavy (non-hydrogen) atoms. The highest BCUT2D eigenvalue weighted by Gasteiger charge is 2.07. The van der Waals surface area contributed by atoms with Crippen LogP contribution in [0, 0.1) is 0 Å². The van der Waals surface area contributed by atoms with Gasteiger partial charge in [0.1, 0.15) is 5.75 Å². The van der Waals surface area contributed by atoms with Crippen molar-refractivity contribution in [2.24, 2.45) is 0 Å². The number of halogens is 1. The van der Waals surface area contributed by atoms with E-state index in [-0.39, 0.29) is 17.6 Å². The van der Waals surface area contributed by atoms with Crippen LogP contribution in [-0.4, -0.2) is 32.0 Å². The molecule has 0 bridgehead atoms. The molecule has 0 fully saturated rings. The third-order valence-corrected chi connectivity index (χ3v) is 3.30. The fourth-order valence-corrected chi connectivity index (χ4v) is 2.10. The second-order valence-electron chi connectivity index (χ2n) is 4.74. The Balaban J connectivity index is 1.77. The van der Waals surface area contributed by atoms with Crippen molar-refractivity contribution in [1.29, 1.82) is 0 Å². The minimum atomic E-state index is -0.326. The Morgan fingerprint density at radius 2 is 2.04 bits per heavy atom. The van der Waals surface area contributed by atoms with Crippen LogP contribution >= 0.6 is 11.6 Å². The lowest BCUT2D eigenvalue weighted by Crippen LogP contribution is -2.33. The normalized spacial score (nSPS) is 10.6. The van der Waals surface area contributed by atoms with Gasteiger partial charge in [-0.15, -0.1) is 0 Å². The monoisotopic (exact) mass is 348 g/mol. The van der Waals surface area contributed by atoms with Gasteiger partial charge >= 0.3 is 0 Å². The summed E-state index contributed by atoms with van der Waals surface area (Å²) in [5, 5.41) is 5.84. The molecule has 0 aliphatic carbocycles. The van der Waals surface area contributed by atoms with Crippen molar-refractivity contribution < 1.29 is 18.7 Å². The van der Waals surface area contributed by atoms with Gasteiger partial charge in [0.2, 0.25) is 5.91 Å². The van der Waals surface area contributed by atoms with Crippen LogP contribution in [0.1, 0.15) is 16.1 Å². The Morgan fingerprint density at radius 1 is 1.25 bits per heavy atom. The molecule has 2 rings (SSSR count). The fraction of sp³-hybridized carbons (Fsp3) is 0.176. The average Bonchev–Trinajstić information content (AvgIpc) is 3.11. The highest BCUT2D eigenvalue weighted by molar-refractivity contribution is 6.30. The molecule has 2 amide bonds. The number of rotatable bonds is 7. The number of carbonyl (C=O) groups is 2. The molecule has 1 aromatic carbocycles. The highest BCUT2D eigenvalue weighted by atomic mass is 35.5. The van der Waals surface area contributed by atoms with Crippen molar-refractivity contribution in [2.45, 2.75) is 0 Å². The molecule has 0 saturated heterocycles. The van der Waals surface area contributed by atoms with Gasteiger partial charge in [-0.2, -0.15) is 0 Å². The summed E-state index contributed by atoms with van der Waals surface area (Å²) in [4.78, 5) is 23.4. The molecule has 0 spiro atoms. The van der Waals surface area contributed by atoms with Gasteiger partial charge in [-0.1, -0.05) is 11.6 Å². The standard InChI is InChI=1S/C17H17ClN2O4/c1-23-14-6-5-13(18)11-12(14)4-7-16(21)19-8-9-20-17(22)15-3-2-10-24-15/h2-7,10-11H,8-9H2,1H3,(H,19,21)(H,20,22). The molecule has 1 heterocycles. The number of benzene rings is 1. The topological polar surface area (TPSA) is 80.6 Å². The summed E-state index contributed by atoms with van der Waals surface area (Å²) >= 11 is 5.93. The Bertz CT molecular complexity index is 726. The van der Waals surface area contributed by atoms with Crippen LogP contribution in [-0.2, 0) is 4.79 Å². The molecule has 0 saturated carbocycles. The summed E-state index contributed by atoms with van der Waals surface area (Å²) in [6.45, 7) is 0.585. The number of nitrogens with one attached hydrogen (secondary N) is 2. The molecule has 0 aliphatic heterocycles. The second-order valence-corrected chi connectivity index (χ2v) is 5.18. The molecule has 2 N–H and O–H groups in total. The van der Waals surface area contributed by atoms with Gasteiger partial charge in [-0.25, -0.2) is 0 Å². The predicted molar refractivity (Wildman–Crippen MR) is 91.1 cm³/mol. The maximum atomic E-state index is 11.8. The van der Waals surface area contributed by atoms with Gasteiger partial charge in [0.15, 0.2) is 5.76 Å². The molecule has 0 radical (unpaired) electrons. The van der Waals surface area contributed by atoms with Gasteiger partial charge in [-0.3, -0.25) is 9.59 Å². The third-order valence-electron chi connectivity index (χ3n) is 3.06. The maximum Gasteiger partial charge on any atom is 0.287 e. The first kappa shape index (κ1) is 17.6. The molecular formula is C17H17ClN2O4. The lowest BCUT2D eigenvalue weighted by molar-refractivity contribution is -0.116. The van der Waals surface area contributed by atoms with Crippen LogP contribution < -0.4 is 15.4 Å². The molecular weight excluding hydrogens is 332 g/mol. The van der Waals surface area contributed by atoms with E-state index >= 15 is 0 Å². The van der Waals surface area contributed by atoms with E-state index in [9.17, 15) is 9.59 Å². The number of methoxy groups -OCH3 is 1. The van der Waals surface area contributed by atoms with E-state index in [4.69, 9.17) is 20.8 Å². The molecule has 126 valence electrons. The van der Waals surface area contributed by atoms with Crippen molar-refractivity contribution in [3.8, 4) is 5.75 Å². The van der Waals surface area contributed by atoms with Gasteiger partial charge in [0, 0.05) is 29.8 Å². The van der Waals surface area contributed by atoms with Crippen molar-refractivity contribution in [1.82, 2.24) is 10.6 Å². The van der Waals surface area contributed by atoms with E-state index in [1.807, 2.05) is 0 Å². The summed E-state index contributed by atoms with van der Waals surface area (Å²) in [5.41, 5.74) is 0.700. The van der Waals surface area contributed by atoms with E-state index in [0.29, 0.717) is 29.4 Å². The van der Waals surface area contributed by atoms with Crippen LogP contribution in [0.15, 0.2) is 47.1 Å². The van der Waals surface area contributed by atoms with Gasteiger partial charge < -0.3 is 19.8 Å². The molecule has 6 nitrogen and oxygen atoms in total. The predicted octanol–water partition coefficient (Wildman–Crippen LogP) is 2.50. The van der Waals surface area contributed by atoms with Crippen molar-refractivity contribution >= 4 is 29.5 Å². The molecule has 0 aliphatic rings. The Labute approximate surface area is 144 Å². The van der Waals surface area contributed by atoms with E-state index in [0.717, 1.165) is 0 Å². The van der Waals surface area contributed by atoms with Crippen LogP contribution in [0.25, 0.3) is 6.08 Å². The first-order valence-electron chi connectivity index (χ1n) is 7.21. The molecule has 0 atom stereocenters. The zero-order valence-corrected chi connectivity index (χ0v) is 13.8. The molecule has 0 unspecified atom stereocenters. The molecule has 7 heteroatoms. The summed E-state index contributed by atoms with van der Waals surface area (Å²) in [6, 6.07) is 8.33. The maximum absolute atomic E-state index is 11.8. The van der Waals surface area contributed by atoms with Crippen molar-refractivity contribution in [3.05, 3.63) is 59.0 Å². The fourth-order valence-electron chi connectivity index (χ4n) is 1.92. The van der Waals surface area contributed by atoms with E-state index in [1.165, 1.54) is 12.3 Å². The SMILES string of the molecule is COc1ccc(Cl)cc1C=CC(=O)NCCNC(=O)c1ccco1. The smallest absolute Gasteiger partial charge is 0.287 e. The van der Waals surface area contributed by atoms with E-state index in [2.05, 4.69) is 10.6 Å². The summed E-state index contributed by atoms with van der Waals surface area (Å²) in [5.74, 6) is 0.237. The van der Waals surface area contributed by atoms with E-state index < -0.39 is 0 Å². The van der Waals surface area contributed by atoms with Crippen molar-refractivity contribution in [2.75, 3.05) is 20.2 Å². The lowest BCUT2D eigenvalue weighted by atomic mass is 10.2. The van der Waals surface area contributed by atoms with Crippen molar-refractivity contribution in [3.63, 3.8) is 0 Å². The summed E-state index contributed by atoms with van der Waals surface area (Å²) < 4.78 is 10.2. The quantitative estimate of drug-likeness (QED) is 0.595. The van der Waals surface area contributed by atoms with Gasteiger partial charge in [0.05, 0.1) is 13.4 Å².